The van der Waals surface area contributed by atoms with Gasteiger partial charge in [0, 0.05) is 13.1 Å². The molecule has 0 aromatic heterocycles. The summed E-state index contributed by atoms with van der Waals surface area (Å²) in [5, 5.41) is 10.5. The van der Waals surface area contributed by atoms with E-state index in [-0.39, 0.29) is 29.9 Å². The maximum Gasteiger partial charge on any atom is 0.243 e. The van der Waals surface area contributed by atoms with Crippen LogP contribution < -0.4 is 4.72 Å². The summed E-state index contributed by atoms with van der Waals surface area (Å²) in [6.07, 6.45) is -1.51. The van der Waals surface area contributed by atoms with Crippen molar-refractivity contribution < 1.29 is 30.4 Å². The molecule has 1 aliphatic rings. The van der Waals surface area contributed by atoms with Gasteiger partial charge >= 0.3 is 0 Å². The molecule has 0 amide bonds. The molecule has 0 unspecified atom stereocenters. The quantitative estimate of drug-likeness (QED) is 0.467. The van der Waals surface area contributed by atoms with Crippen molar-refractivity contribution >= 4 is 76.3 Å². The molecule has 1 heterocycles. The van der Waals surface area contributed by atoms with Crippen LogP contribution >= 0.6 is 46.4 Å². The highest BCUT2D eigenvalue weighted by Crippen LogP contribution is 2.30. The van der Waals surface area contributed by atoms with Gasteiger partial charge in [-0.25, -0.2) is 30.0 Å². The summed E-state index contributed by atoms with van der Waals surface area (Å²) >= 11 is 23.5. The third-order valence-electron chi connectivity index (χ3n) is 4.99. The van der Waals surface area contributed by atoms with Crippen molar-refractivity contribution in [3.8, 4) is 0 Å². The van der Waals surface area contributed by atoms with Crippen LogP contribution in [0.1, 0.15) is 0 Å². The van der Waals surface area contributed by atoms with Crippen LogP contribution in [0.3, 0.4) is 0 Å². The Bertz CT molecular complexity index is 1420. The number of aliphatic hydroxyl groups excluding tert-OH is 1. The van der Waals surface area contributed by atoms with Gasteiger partial charge in [-0.3, -0.25) is 0 Å². The van der Waals surface area contributed by atoms with Gasteiger partial charge in [0.1, 0.15) is 0 Å². The first-order valence-electron chi connectivity index (χ1n) is 9.44. The molecule has 188 valence electrons. The smallest absolute Gasteiger partial charge is 0.243 e. The van der Waals surface area contributed by atoms with Crippen LogP contribution in [0.25, 0.3) is 0 Å². The fraction of sp³-hybridized carbons (Fsp3) is 0.333. The Balaban J connectivity index is 1.90. The van der Waals surface area contributed by atoms with Crippen molar-refractivity contribution in [3.05, 3.63) is 56.5 Å². The highest BCUT2D eigenvalue weighted by molar-refractivity contribution is 7.92. The molecule has 0 aliphatic carbocycles. The molecule has 1 fully saturated rings. The van der Waals surface area contributed by atoms with E-state index in [2.05, 4.69) is 4.72 Å². The molecule has 0 spiro atoms. The first-order chi connectivity index (χ1) is 15.6. The van der Waals surface area contributed by atoms with E-state index in [0.717, 1.165) is 16.4 Å². The molecule has 0 saturated carbocycles. The lowest BCUT2D eigenvalue weighted by molar-refractivity contribution is 0.128. The second-order valence-electron chi connectivity index (χ2n) is 7.38. The average Bonchev–Trinajstić information content (AvgIpc) is 3.00. The molecule has 3 rings (SSSR count). The van der Waals surface area contributed by atoms with Crippen LogP contribution in [0, 0.1) is 0 Å². The lowest BCUT2D eigenvalue weighted by atomic mass is 10.2. The number of sulfonamides is 2. The Kier molecular flexibility index (Phi) is 8.51. The minimum atomic E-state index is -4.41. The van der Waals surface area contributed by atoms with Crippen molar-refractivity contribution in [2.45, 2.75) is 21.9 Å². The Labute approximate surface area is 217 Å². The van der Waals surface area contributed by atoms with E-state index in [1.807, 2.05) is 0 Å². The monoisotopic (exact) mass is 610 g/mol. The van der Waals surface area contributed by atoms with Crippen LogP contribution in [0.15, 0.2) is 46.2 Å². The number of rotatable bonds is 8. The Morgan fingerprint density at radius 1 is 0.882 bits per heavy atom. The molecule has 34 heavy (non-hydrogen) atoms. The van der Waals surface area contributed by atoms with E-state index in [1.54, 1.807) is 0 Å². The number of benzene rings is 2. The van der Waals surface area contributed by atoms with E-state index >= 15 is 0 Å². The summed E-state index contributed by atoms with van der Waals surface area (Å²) in [5.41, 5.74) is 0. The Hall–Kier alpha value is -0.670. The largest absolute Gasteiger partial charge is 0.390 e. The van der Waals surface area contributed by atoms with Gasteiger partial charge < -0.3 is 5.11 Å². The summed E-state index contributed by atoms with van der Waals surface area (Å²) in [6.45, 7) is -0.924. The topological polar surface area (TPSA) is 138 Å². The van der Waals surface area contributed by atoms with E-state index in [1.165, 1.54) is 24.3 Å². The molecule has 0 radical (unpaired) electrons. The van der Waals surface area contributed by atoms with E-state index in [0.29, 0.717) is 0 Å². The molecule has 2 aromatic carbocycles. The van der Waals surface area contributed by atoms with Crippen LogP contribution in [0.5, 0.6) is 0 Å². The minimum absolute atomic E-state index is 0.00708. The minimum Gasteiger partial charge on any atom is -0.390 e. The molecule has 1 saturated heterocycles. The average molecular weight is 612 g/mol. The zero-order valence-electron chi connectivity index (χ0n) is 17.0. The molecule has 2 N–H and O–H groups in total. The number of nitrogens with zero attached hydrogens (tertiary/aromatic N) is 1. The zero-order valence-corrected chi connectivity index (χ0v) is 22.5. The van der Waals surface area contributed by atoms with E-state index in [9.17, 15) is 30.4 Å². The van der Waals surface area contributed by atoms with Crippen LogP contribution in [-0.4, -0.2) is 71.4 Å². The normalized spacial score (nSPS) is 20.6. The number of hydrogen-bond acceptors (Lipinski definition) is 7. The van der Waals surface area contributed by atoms with Gasteiger partial charge in [0.15, 0.2) is 9.84 Å². The van der Waals surface area contributed by atoms with Crippen molar-refractivity contribution in [1.82, 2.24) is 9.03 Å². The second-order valence-corrected chi connectivity index (χ2v) is 14.8. The van der Waals surface area contributed by atoms with Crippen LogP contribution in [0.4, 0.5) is 0 Å². The highest BCUT2D eigenvalue weighted by Gasteiger charge is 2.44. The second kappa shape index (κ2) is 10.4. The summed E-state index contributed by atoms with van der Waals surface area (Å²) in [4.78, 5) is -0.505. The maximum atomic E-state index is 13.4. The first kappa shape index (κ1) is 27.9. The van der Waals surface area contributed by atoms with Crippen molar-refractivity contribution in [2.24, 2.45) is 0 Å². The number of nitrogens with one attached hydrogen (secondary N) is 1. The van der Waals surface area contributed by atoms with Gasteiger partial charge in [-0.2, -0.15) is 4.31 Å². The molecule has 2 aromatic rings. The van der Waals surface area contributed by atoms with E-state index in [4.69, 9.17) is 46.4 Å². The molecular formula is C18H18Cl4N2O7S3. The fourth-order valence-corrected chi connectivity index (χ4v) is 8.69. The van der Waals surface area contributed by atoms with Crippen LogP contribution in [0.2, 0.25) is 20.1 Å². The summed E-state index contributed by atoms with van der Waals surface area (Å²) in [5.74, 6) is -1.26. The predicted molar refractivity (Wildman–Crippen MR) is 130 cm³/mol. The molecule has 16 heteroatoms. The Morgan fingerprint density at radius 3 is 1.91 bits per heavy atom. The lowest BCUT2D eigenvalue weighted by Crippen LogP contribution is -2.49. The predicted octanol–water partition coefficient (Wildman–Crippen LogP) is 2.43. The third-order valence-corrected chi connectivity index (χ3v) is 11.5. The summed E-state index contributed by atoms with van der Waals surface area (Å²) in [7, 11) is -12.2. The number of sulfone groups is 1. The third kappa shape index (κ3) is 6.17. The van der Waals surface area contributed by atoms with Crippen LogP contribution in [-0.2, 0) is 29.9 Å². The lowest BCUT2D eigenvalue weighted by Gasteiger charge is -2.29. The highest BCUT2D eigenvalue weighted by atomic mass is 35.5. The van der Waals surface area contributed by atoms with Crippen molar-refractivity contribution in [2.75, 3.05) is 24.6 Å². The SMILES string of the molecule is O=S1(=O)C[C@@H](O)[C@@H](N(CCNS(=O)(=O)c2ccc(Cl)c(Cl)c2)S(=O)(=O)c2ccc(Cl)c(Cl)c2)C1. The van der Waals surface area contributed by atoms with Gasteiger partial charge in [0.05, 0.1) is 53.5 Å². The van der Waals surface area contributed by atoms with Crippen molar-refractivity contribution in [3.63, 3.8) is 0 Å². The molecule has 1 aliphatic heterocycles. The number of halogens is 4. The van der Waals surface area contributed by atoms with Gasteiger partial charge in [0.2, 0.25) is 20.0 Å². The summed E-state index contributed by atoms with van der Waals surface area (Å²) in [6, 6.07) is 5.81. The number of aliphatic hydroxyl groups is 1. The van der Waals surface area contributed by atoms with Gasteiger partial charge in [-0.15, -0.1) is 0 Å². The van der Waals surface area contributed by atoms with Crippen molar-refractivity contribution in [1.29, 1.82) is 0 Å². The zero-order chi connectivity index (χ0) is 25.5. The number of hydrogen-bond donors (Lipinski definition) is 2. The molecular weight excluding hydrogens is 594 g/mol. The first-order valence-corrected chi connectivity index (χ1v) is 15.7. The Morgan fingerprint density at radius 2 is 1.41 bits per heavy atom. The molecule has 9 nitrogen and oxygen atoms in total. The van der Waals surface area contributed by atoms with Gasteiger partial charge in [-0.1, -0.05) is 46.4 Å². The maximum absolute atomic E-state index is 13.4. The standard InChI is InChI=1S/C18H18Cl4N2O7S3/c19-13-3-1-11(7-15(13)21)33(28,29)23-5-6-24(17-9-32(26,27)10-18(17)25)34(30,31)12-2-4-14(20)16(22)8-12/h1-4,7-8,17-18,23,25H,5-6,9-10H2/t17-,18+/m0/s1. The summed E-state index contributed by atoms with van der Waals surface area (Å²) < 4.78 is 79.0. The molecule has 2 atom stereocenters. The van der Waals surface area contributed by atoms with Gasteiger partial charge in [-0.05, 0) is 36.4 Å². The molecule has 0 bridgehead atoms. The fourth-order valence-electron chi connectivity index (χ4n) is 3.34. The van der Waals surface area contributed by atoms with Gasteiger partial charge in [0.25, 0.3) is 0 Å². The van der Waals surface area contributed by atoms with E-state index < -0.39 is 66.6 Å².